The first-order chi connectivity index (χ1) is 12.7. The average molecular weight is 348 g/mol. The van der Waals surface area contributed by atoms with Gasteiger partial charge >= 0.3 is 0 Å². The average Bonchev–Trinajstić information content (AvgIpc) is 3.44. The van der Waals surface area contributed by atoms with Crippen molar-refractivity contribution in [2.75, 3.05) is 6.54 Å². The van der Waals surface area contributed by atoms with Gasteiger partial charge in [0, 0.05) is 31.3 Å². The van der Waals surface area contributed by atoms with Crippen LogP contribution >= 0.6 is 0 Å². The molecule has 2 aromatic rings. The van der Waals surface area contributed by atoms with Gasteiger partial charge in [0.15, 0.2) is 0 Å². The molecule has 1 N–H and O–H groups in total. The van der Waals surface area contributed by atoms with E-state index in [2.05, 4.69) is 29.6 Å². The van der Waals surface area contributed by atoms with Gasteiger partial charge in [-0.05, 0) is 24.0 Å². The van der Waals surface area contributed by atoms with Crippen molar-refractivity contribution < 1.29 is 9.59 Å². The van der Waals surface area contributed by atoms with Gasteiger partial charge in [0.25, 0.3) is 0 Å². The summed E-state index contributed by atoms with van der Waals surface area (Å²) in [5.41, 5.74) is 2.27. The third-order valence-electron chi connectivity index (χ3n) is 5.30. The number of nitrogens with zero attached hydrogens (tertiary/aromatic N) is 1. The molecule has 1 aliphatic heterocycles. The molecule has 4 rings (SSSR count). The van der Waals surface area contributed by atoms with E-state index in [1.807, 2.05) is 41.3 Å². The van der Waals surface area contributed by atoms with Crippen LogP contribution in [-0.4, -0.2) is 35.3 Å². The standard InChI is InChI=1S/C22H24N2O2/c25-21(23-18-13-22(26)24(15-18)19-11-12-19)14-20(16-7-3-1-4-8-16)17-9-5-2-6-10-17/h1-10,18-20H,11-15H2,(H,23,25)/t18-/m1/s1. The summed E-state index contributed by atoms with van der Waals surface area (Å²) in [7, 11) is 0. The minimum atomic E-state index is -0.0530. The number of benzene rings is 2. The topological polar surface area (TPSA) is 49.4 Å². The number of carbonyl (C=O) groups is 2. The lowest BCUT2D eigenvalue weighted by molar-refractivity contribution is -0.128. The quantitative estimate of drug-likeness (QED) is 0.872. The van der Waals surface area contributed by atoms with Crippen molar-refractivity contribution in [2.24, 2.45) is 0 Å². The highest BCUT2D eigenvalue weighted by Gasteiger charge is 2.39. The van der Waals surface area contributed by atoms with E-state index in [1.165, 1.54) is 0 Å². The molecule has 2 aromatic carbocycles. The van der Waals surface area contributed by atoms with Crippen LogP contribution in [0.4, 0.5) is 0 Å². The largest absolute Gasteiger partial charge is 0.351 e. The smallest absolute Gasteiger partial charge is 0.225 e. The van der Waals surface area contributed by atoms with Crippen LogP contribution in [0.15, 0.2) is 60.7 Å². The van der Waals surface area contributed by atoms with E-state index < -0.39 is 0 Å². The number of hydrogen-bond donors (Lipinski definition) is 1. The molecule has 0 unspecified atom stereocenters. The van der Waals surface area contributed by atoms with Gasteiger partial charge in [-0.15, -0.1) is 0 Å². The maximum absolute atomic E-state index is 12.7. The van der Waals surface area contributed by atoms with Crippen molar-refractivity contribution in [3.05, 3.63) is 71.8 Å². The summed E-state index contributed by atoms with van der Waals surface area (Å²) in [4.78, 5) is 26.7. The summed E-state index contributed by atoms with van der Waals surface area (Å²) in [6.45, 7) is 0.663. The summed E-state index contributed by atoms with van der Waals surface area (Å²) in [6.07, 6.45) is 3.04. The van der Waals surface area contributed by atoms with Crippen molar-refractivity contribution in [2.45, 2.75) is 43.7 Å². The molecule has 0 bridgehead atoms. The molecule has 134 valence electrons. The fourth-order valence-corrected chi connectivity index (χ4v) is 3.84. The fraction of sp³-hybridized carbons (Fsp3) is 0.364. The van der Waals surface area contributed by atoms with Crippen LogP contribution in [0.25, 0.3) is 0 Å². The lowest BCUT2D eigenvalue weighted by Crippen LogP contribution is -2.38. The molecular weight excluding hydrogens is 324 g/mol. The van der Waals surface area contributed by atoms with E-state index in [0.717, 1.165) is 24.0 Å². The second-order valence-corrected chi connectivity index (χ2v) is 7.32. The Hall–Kier alpha value is -2.62. The molecule has 26 heavy (non-hydrogen) atoms. The van der Waals surface area contributed by atoms with Crippen LogP contribution in [0.3, 0.4) is 0 Å². The zero-order chi connectivity index (χ0) is 17.9. The zero-order valence-electron chi connectivity index (χ0n) is 14.8. The Kier molecular flexibility index (Phi) is 4.74. The van der Waals surface area contributed by atoms with Gasteiger partial charge in [-0.2, -0.15) is 0 Å². The first-order valence-electron chi connectivity index (χ1n) is 9.39. The van der Waals surface area contributed by atoms with Gasteiger partial charge in [0.05, 0.1) is 6.04 Å². The third-order valence-corrected chi connectivity index (χ3v) is 5.30. The summed E-state index contributed by atoms with van der Waals surface area (Å²) in [5, 5.41) is 3.09. The van der Waals surface area contributed by atoms with Crippen molar-refractivity contribution in [3.8, 4) is 0 Å². The summed E-state index contributed by atoms with van der Waals surface area (Å²) in [5.74, 6) is 0.215. The highest BCUT2D eigenvalue weighted by atomic mass is 16.2. The van der Waals surface area contributed by atoms with E-state index in [0.29, 0.717) is 25.4 Å². The number of carbonyl (C=O) groups excluding carboxylic acids is 2. The first-order valence-corrected chi connectivity index (χ1v) is 9.39. The monoisotopic (exact) mass is 348 g/mol. The maximum atomic E-state index is 12.7. The van der Waals surface area contributed by atoms with Crippen LogP contribution in [-0.2, 0) is 9.59 Å². The Labute approximate surface area is 154 Å². The predicted octanol–water partition coefficient (Wildman–Crippen LogP) is 3.09. The molecule has 0 aromatic heterocycles. The predicted molar refractivity (Wildman–Crippen MR) is 101 cm³/mol. The molecule has 1 saturated carbocycles. The summed E-state index contributed by atoms with van der Waals surface area (Å²) < 4.78 is 0. The third kappa shape index (κ3) is 3.79. The van der Waals surface area contributed by atoms with Crippen molar-refractivity contribution in [3.63, 3.8) is 0 Å². The molecule has 4 nitrogen and oxygen atoms in total. The van der Waals surface area contributed by atoms with Crippen LogP contribution < -0.4 is 5.32 Å². The number of amides is 2. The first kappa shape index (κ1) is 16.8. The molecule has 2 amide bonds. The minimum Gasteiger partial charge on any atom is -0.351 e. The number of rotatable bonds is 6. The Morgan fingerprint density at radius 3 is 2.12 bits per heavy atom. The van der Waals surface area contributed by atoms with Gasteiger partial charge < -0.3 is 10.2 Å². The Bertz CT molecular complexity index is 732. The number of nitrogens with one attached hydrogen (secondary N) is 1. The van der Waals surface area contributed by atoms with Crippen molar-refractivity contribution in [1.82, 2.24) is 10.2 Å². The summed E-state index contributed by atoms with van der Waals surface area (Å²) >= 11 is 0. The molecule has 0 spiro atoms. The highest BCUT2D eigenvalue weighted by Crippen LogP contribution is 2.31. The highest BCUT2D eigenvalue weighted by molar-refractivity contribution is 5.83. The normalized spacial score (nSPS) is 19.8. The molecule has 1 atom stereocenters. The SMILES string of the molecule is O=C(CC(c1ccccc1)c1ccccc1)N[C@@H]1CC(=O)N(C2CC2)C1. The molecular formula is C22H24N2O2. The number of likely N-dealkylation sites (tertiary alicyclic amines) is 1. The second kappa shape index (κ2) is 7.32. The molecule has 1 saturated heterocycles. The van der Waals surface area contributed by atoms with Gasteiger partial charge in [0.1, 0.15) is 0 Å². The molecule has 1 aliphatic carbocycles. The van der Waals surface area contributed by atoms with Gasteiger partial charge in [-0.1, -0.05) is 60.7 Å². The summed E-state index contributed by atoms with van der Waals surface area (Å²) in [6, 6.07) is 20.6. The van der Waals surface area contributed by atoms with E-state index >= 15 is 0 Å². The fourth-order valence-electron chi connectivity index (χ4n) is 3.84. The lowest BCUT2D eigenvalue weighted by atomic mass is 9.88. The second-order valence-electron chi connectivity index (χ2n) is 7.32. The van der Waals surface area contributed by atoms with Crippen LogP contribution in [0.1, 0.15) is 42.7 Å². The van der Waals surface area contributed by atoms with E-state index in [1.54, 1.807) is 0 Å². The zero-order valence-corrected chi connectivity index (χ0v) is 14.8. The van der Waals surface area contributed by atoms with Crippen molar-refractivity contribution >= 4 is 11.8 Å². The van der Waals surface area contributed by atoms with Crippen LogP contribution in [0, 0.1) is 0 Å². The molecule has 2 aliphatic rings. The van der Waals surface area contributed by atoms with Gasteiger partial charge in [-0.3, -0.25) is 9.59 Å². The van der Waals surface area contributed by atoms with E-state index in [4.69, 9.17) is 0 Å². The Morgan fingerprint density at radius 1 is 1.00 bits per heavy atom. The molecule has 2 fully saturated rings. The Morgan fingerprint density at radius 2 is 1.58 bits per heavy atom. The van der Waals surface area contributed by atoms with E-state index in [-0.39, 0.29) is 23.8 Å². The maximum Gasteiger partial charge on any atom is 0.225 e. The molecule has 1 heterocycles. The van der Waals surface area contributed by atoms with Gasteiger partial charge in [0.2, 0.25) is 11.8 Å². The van der Waals surface area contributed by atoms with Gasteiger partial charge in [-0.25, -0.2) is 0 Å². The van der Waals surface area contributed by atoms with Crippen molar-refractivity contribution in [1.29, 1.82) is 0 Å². The number of hydrogen-bond acceptors (Lipinski definition) is 2. The van der Waals surface area contributed by atoms with Crippen LogP contribution in [0.5, 0.6) is 0 Å². The molecule has 0 radical (unpaired) electrons. The lowest BCUT2D eigenvalue weighted by Gasteiger charge is -2.20. The molecule has 4 heteroatoms. The Balaban J connectivity index is 1.44. The minimum absolute atomic E-state index is 0.0122. The van der Waals surface area contributed by atoms with Crippen LogP contribution in [0.2, 0.25) is 0 Å². The van der Waals surface area contributed by atoms with E-state index in [9.17, 15) is 9.59 Å².